The standard InChI is InChI=1S/C19H19N3O2/c1-21-18(23)14-22(19(21)15-7-3-2-4-8-15)11-12-24-17-10-6-5-9-16(17)13-20/h2-10,19H,11-12,14H2,1H3/t19-/m0/s1. The van der Waals surface area contributed by atoms with E-state index >= 15 is 0 Å². The Morgan fingerprint density at radius 2 is 1.88 bits per heavy atom. The summed E-state index contributed by atoms with van der Waals surface area (Å²) in [6.07, 6.45) is -0.0755. The van der Waals surface area contributed by atoms with Crippen molar-refractivity contribution in [1.82, 2.24) is 9.80 Å². The number of benzene rings is 2. The molecular weight excluding hydrogens is 302 g/mol. The van der Waals surface area contributed by atoms with E-state index in [0.717, 1.165) is 5.56 Å². The SMILES string of the molecule is CN1C(=O)CN(CCOc2ccccc2C#N)[C@H]1c1ccccc1. The molecule has 122 valence electrons. The average molecular weight is 321 g/mol. The summed E-state index contributed by atoms with van der Waals surface area (Å²) in [4.78, 5) is 16.0. The molecule has 0 saturated carbocycles. The van der Waals surface area contributed by atoms with E-state index in [2.05, 4.69) is 11.0 Å². The maximum Gasteiger partial charge on any atom is 0.238 e. The molecule has 2 aromatic rings. The normalized spacial score (nSPS) is 17.8. The number of para-hydroxylation sites is 1. The molecule has 0 aliphatic carbocycles. The third-order valence-corrected chi connectivity index (χ3v) is 4.19. The van der Waals surface area contributed by atoms with Gasteiger partial charge in [-0.3, -0.25) is 9.69 Å². The molecule has 2 aromatic carbocycles. The van der Waals surface area contributed by atoms with Gasteiger partial charge in [-0.05, 0) is 17.7 Å². The lowest BCUT2D eigenvalue weighted by Gasteiger charge is -2.27. The van der Waals surface area contributed by atoms with E-state index in [1.165, 1.54) is 0 Å². The van der Waals surface area contributed by atoms with E-state index in [4.69, 9.17) is 10.00 Å². The lowest BCUT2D eigenvalue weighted by Crippen LogP contribution is -2.32. The second-order valence-corrected chi connectivity index (χ2v) is 5.72. The highest BCUT2D eigenvalue weighted by atomic mass is 16.5. The van der Waals surface area contributed by atoms with Crippen molar-refractivity contribution in [2.24, 2.45) is 0 Å². The second kappa shape index (κ2) is 7.16. The molecule has 0 radical (unpaired) electrons. The number of carbonyl (C=O) groups excluding carboxylic acids is 1. The van der Waals surface area contributed by atoms with Gasteiger partial charge in [-0.15, -0.1) is 0 Å². The average Bonchev–Trinajstić information content (AvgIpc) is 2.90. The summed E-state index contributed by atoms with van der Waals surface area (Å²) in [7, 11) is 1.83. The minimum absolute atomic E-state index is 0.0755. The molecule has 0 unspecified atom stereocenters. The number of nitrogens with zero attached hydrogens (tertiary/aromatic N) is 3. The van der Waals surface area contributed by atoms with E-state index in [1.807, 2.05) is 49.5 Å². The van der Waals surface area contributed by atoms with Crippen LogP contribution in [0.4, 0.5) is 0 Å². The zero-order valence-corrected chi connectivity index (χ0v) is 13.6. The number of carbonyl (C=O) groups is 1. The van der Waals surface area contributed by atoms with Crippen molar-refractivity contribution in [3.8, 4) is 11.8 Å². The summed E-state index contributed by atoms with van der Waals surface area (Å²) in [6.45, 7) is 1.40. The molecule has 1 fully saturated rings. The molecule has 0 bridgehead atoms. The molecular formula is C19H19N3O2. The topological polar surface area (TPSA) is 56.6 Å². The zero-order valence-electron chi connectivity index (χ0n) is 13.6. The lowest BCUT2D eigenvalue weighted by molar-refractivity contribution is -0.126. The maximum atomic E-state index is 12.1. The molecule has 1 aliphatic heterocycles. The Kier molecular flexibility index (Phi) is 4.78. The molecule has 1 saturated heterocycles. The first-order chi connectivity index (χ1) is 11.7. The Morgan fingerprint density at radius 1 is 1.17 bits per heavy atom. The Morgan fingerprint density at radius 3 is 2.62 bits per heavy atom. The molecule has 3 rings (SSSR count). The molecule has 0 N–H and O–H groups in total. The fraction of sp³-hybridized carbons (Fsp3) is 0.263. The molecule has 0 spiro atoms. The van der Waals surface area contributed by atoms with Crippen LogP contribution in [-0.4, -0.2) is 42.5 Å². The van der Waals surface area contributed by atoms with Crippen LogP contribution in [0.5, 0.6) is 5.75 Å². The predicted molar refractivity (Wildman–Crippen MR) is 90.2 cm³/mol. The fourth-order valence-corrected chi connectivity index (χ4v) is 2.97. The van der Waals surface area contributed by atoms with Gasteiger partial charge in [0.05, 0.1) is 12.1 Å². The molecule has 1 aliphatic rings. The van der Waals surface area contributed by atoms with Crippen LogP contribution in [0.15, 0.2) is 54.6 Å². The highest BCUT2D eigenvalue weighted by molar-refractivity contribution is 5.80. The van der Waals surface area contributed by atoms with Gasteiger partial charge in [0, 0.05) is 13.6 Å². The summed E-state index contributed by atoms with van der Waals surface area (Å²) >= 11 is 0. The van der Waals surface area contributed by atoms with Crippen LogP contribution in [0.3, 0.4) is 0 Å². The van der Waals surface area contributed by atoms with Gasteiger partial charge >= 0.3 is 0 Å². The summed E-state index contributed by atoms with van der Waals surface area (Å²) in [5.74, 6) is 0.677. The van der Waals surface area contributed by atoms with Gasteiger partial charge in [0.25, 0.3) is 0 Å². The highest BCUT2D eigenvalue weighted by Gasteiger charge is 2.35. The fourth-order valence-electron chi connectivity index (χ4n) is 2.97. The van der Waals surface area contributed by atoms with Gasteiger partial charge < -0.3 is 9.64 Å². The van der Waals surface area contributed by atoms with Crippen molar-refractivity contribution in [1.29, 1.82) is 5.26 Å². The van der Waals surface area contributed by atoms with Crippen molar-refractivity contribution >= 4 is 5.91 Å². The number of hydrogen-bond donors (Lipinski definition) is 0. The Hall–Kier alpha value is -2.84. The molecule has 1 heterocycles. The van der Waals surface area contributed by atoms with E-state index in [-0.39, 0.29) is 12.1 Å². The first kappa shape index (κ1) is 16.0. The van der Waals surface area contributed by atoms with E-state index in [1.54, 1.807) is 17.0 Å². The molecule has 1 atom stereocenters. The number of likely N-dealkylation sites (N-methyl/N-ethyl adjacent to an activating group) is 1. The molecule has 5 nitrogen and oxygen atoms in total. The predicted octanol–water partition coefficient (Wildman–Crippen LogP) is 2.41. The number of ether oxygens (including phenoxy) is 1. The second-order valence-electron chi connectivity index (χ2n) is 5.72. The van der Waals surface area contributed by atoms with Crippen molar-refractivity contribution in [2.45, 2.75) is 6.17 Å². The van der Waals surface area contributed by atoms with E-state index in [0.29, 0.717) is 31.0 Å². The number of amides is 1. The van der Waals surface area contributed by atoms with Gasteiger partial charge in [-0.2, -0.15) is 5.26 Å². The zero-order chi connectivity index (χ0) is 16.9. The number of nitriles is 1. The third kappa shape index (κ3) is 3.24. The summed E-state index contributed by atoms with van der Waals surface area (Å²) in [5, 5.41) is 9.10. The Bertz CT molecular complexity index is 755. The Balaban J connectivity index is 1.67. The number of hydrogen-bond acceptors (Lipinski definition) is 4. The smallest absolute Gasteiger partial charge is 0.238 e. The van der Waals surface area contributed by atoms with E-state index < -0.39 is 0 Å². The van der Waals surface area contributed by atoms with Crippen LogP contribution in [0.1, 0.15) is 17.3 Å². The van der Waals surface area contributed by atoms with Crippen molar-refractivity contribution in [3.63, 3.8) is 0 Å². The monoisotopic (exact) mass is 321 g/mol. The quantitative estimate of drug-likeness (QED) is 0.848. The van der Waals surface area contributed by atoms with Gasteiger partial charge in [0.1, 0.15) is 24.6 Å². The van der Waals surface area contributed by atoms with Gasteiger partial charge in [0.15, 0.2) is 0 Å². The summed E-state index contributed by atoms with van der Waals surface area (Å²) in [5.41, 5.74) is 1.61. The molecule has 0 aromatic heterocycles. The maximum absolute atomic E-state index is 12.1. The molecule has 1 amide bonds. The Labute approximate surface area is 141 Å². The minimum Gasteiger partial charge on any atom is -0.491 e. The molecule has 5 heteroatoms. The first-order valence-corrected chi connectivity index (χ1v) is 7.87. The lowest BCUT2D eigenvalue weighted by atomic mass is 10.1. The number of rotatable bonds is 5. The largest absolute Gasteiger partial charge is 0.491 e. The van der Waals surface area contributed by atoms with E-state index in [9.17, 15) is 4.79 Å². The summed E-state index contributed by atoms with van der Waals surface area (Å²) in [6, 6.07) is 19.3. The van der Waals surface area contributed by atoms with Crippen LogP contribution >= 0.6 is 0 Å². The van der Waals surface area contributed by atoms with Crippen LogP contribution in [0.2, 0.25) is 0 Å². The van der Waals surface area contributed by atoms with Gasteiger partial charge in [-0.25, -0.2) is 0 Å². The van der Waals surface area contributed by atoms with Crippen LogP contribution < -0.4 is 4.74 Å². The van der Waals surface area contributed by atoms with Crippen molar-refractivity contribution < 1.29 is 9.53 Å². The summed E-state index contributed by atoms with van der Waals surface area (Å²) < 4.78 is 5.75. The van der Waals surface area contributed by atoms with Crippen LogP contribution in [0.25, 0.3) is 0 Å². The van der Waals surface area contributed by atoms with Crippen LogP contribution in [0, 0.1) is 11.3 Å². The van der Waals surface area contributed by atoms with Crippen molar-refractivity contribution in [2.75, 3.05) is 26.7 Å². The van der Waals surface area contributed by atoms with Gasteiger partial charge in [-0.1, -0.05) is 42.5 Å². The molecule has 24 heavy (non-hydrogen) atoms. The minimum atomic E-state index is -0.0755. The highest BCUT2D eigenvalue weighted by Crippen LogP contribution is 2.29. The van der Waals surface area contributed by atoms with Gasteiger partial charge in [0.2, 0.25) is 5.91 Å². The third-order valence-electron chi connectivity index (χ3n) is 4.19. The first-order valence-electron chi connectivity index (χ1n) is 7.87. The van der Waals surface area contributed by atoms with Crippen LogP contribution in [-0.2, 0) is 4.79 Å². The van der Waals surface area contributed by atoms with Crippen molar-refractivity contribution in [3.05, 3.63) is 65.7 Å².